The number of nitrogens with zero attached hydrogens (tertiary/aromatic N) is 1. The highest BCUT2D eigenvalue weighted by atomic mass is 35.5. The molecule has 2 aromatic carbocycles. The predicted molar refractivity (Wildman–Crippen MR) is 102 cm³/mol. The number of halogens is 1. The third-order valence-electron chi connectivity index (χ3n) is 4.49. The average molecular weight is 379 g/mol. The number of nitrogens with one attached hydrogen (secondary N) is 1. The van der Waals surface area contributed by atoms with Crippen LogP contribution in [0.5, 0.6) is 0 Å². The molecule has 2 N–H and O–H groups in total. The van der Waals surface area contributed by atoms with Crippen molar-refractivity contribution in [2.24, 2.45) is 0 Å². The monoisotopic (exact) mass is 378 g/mol. The lowest BCUT2D eigenvalue weighted by Crippen LogP contribution is -2.51. The Morgan fingerprint density at radius 1 is 1.31 bits per heavy atom. The van der Waals surface area contributed by atoms with Crippen LogP contribution in [0, 0.1) is 0 Å². The summed E-state index contributed by atoms with van der Waals surface area (Å²) in [5.74, 6) is -1.29. The number of carbonyl (C=O) groups is 2. The summed E-state index contributed by atoms with van der Waals surface area (Å²) in [4.78, 5) is 23.9. The number of hydrogen-bond donors (Lipinski definition) is 2. The number of hydrogen-bond acceptors (Lipinski definition) is 4. The Morgan fingerprint density at radius 2 is 2.04 bits per heavy atom. The van der Waals surface area contributed by atoms with Crippen LogP contribution in [0.25, 0.3) is 10.8 Å². The van der Waals surface area contributed by atoms with Crippen molar-refractivity contribution < 1.29 is 19.4 Å². The third kappa shape index (κ3) is 4.72. The van der Waals surface area contributed by atoms with Gasteiger partial charge >= 0.3 is 5.97 Å². The summed E-state index contributed by atoms with van der Waals surface area (Å²) in [5, 5.41) is 14.7. The zero-order chi connectivity index (χ0) is 17.8. The molecule has 1 saturated heterocycles. The Balaban J connectivity index is 0.00000243. The molecular formula is C19H23ClN2O4. The quantitative estimate of drug-likeness (QED) is 0.805. The van der Waals surface area contributed by atoms with E-state index in [4.69, 9.17) is 9.84 Å². The normalized spacial score (nSPS) is 18.4. The van der Waals surface area contributed by atoms with Crippen molar-refractivity contribution in [1.29, 1.82) is 0 Å². The van der Waals surface area contributed by atoms with E-state index in [0.717, 1.165) is 0 Å². The van der Waals surface area contributed by atoms with Crippen molar-refractivity contribution in [1.82, 2.24) is 10.2 Å². The SMILES string of the molecule is C[C@@H](NCC1CN(CC(=O)O)C(=O)CO1)c1cccc2ccccc12.Cl. The van der Waals surface area contributed by atoms with E-state index in [0.29, 0.717) is 13.1 Å². The number of benzene rings is 2. The number of amides is 1. The highest BCUT2D eigenvalue weighted by Crippen LogP contribution is 2.24. The van der Waals surface area contributed by atoms with Crippen molar-refractivity contribution in [2.45, 2.75) is 19.1 Å². The number of ether oxygens (including phenoxy) is 1. The first-order valence-electron chi connectivity index (χ1n) is 8.37. The highest BCUT2D eigenvalue weighted by molar-refractivity contribution is 5.86. The zero-order valence-electron chi connectivity index (χ0n) is 14.6. The molecule has 7 heteroatoms. The van der Waals surface area contributed by atoms with Gasteiger partial charge in [0, 0.05) is 19.1 Å². The van der Waals surface area contributed by atoms with Gasteiger partial charge in [0.15, 0.2) is 0 Å². The molecule has 1 amide bonds. The number of carboxylic acid groups (broad SMARTS) is 1. The topological polar surface area (TPSA) is 78.9 Å². The van der Waals surface area contributed by atoms with Gasteiger partial charge in [0.05, 0.1) is 6.10 Å². The van der Waals surface area contributed by atoms with Crippen LogP contribution in [0.4, 0.5) is 0 Å². The molecule has 1 aliphatic rings. The molecule has 3 rings (SSSR count). The number of rotatable bonds is 6. The fourth-order valence-corrected chi connectivity index (χ4v) is 3.17. The number of aliphatic carboxylic acids is 1. The van der Waals surface area contributed by atoms with E-state index in [9.17, 15) is 9.59 Å². The van der Waals surface area contributed by atoms with Gasteiger partial charge in [-0.2, -0.15) is 0 Å². The van der Waals surface area contributed by atoms with Crippen molar-refractivity contribution in [3.05, 3.63) is 48.0 Å². The molecule has 0 spiro atoms. The molecule has 2 atom stereocenters. The van der Waals surface area contributed by atoms with Crippen molar-refractivity contribution >= 4 is 35.1 Å². The van der Waals surface area contributed by atoms with Crippen LogP contribution in [0.15, 0.2) is 42.5 Å². The lowest BCUT2D eigenvalue weighted by atomic mass is 9.99. The molecule has 1 heterocycles. The Morgan fingerprint density at radius 3 is 2.81 bits per heavy atom. The van der Waals surface area contributed by atoms with Gasteiger partial charge in [-0.05, 0) is 23.3 Å². The van der Waals surface area contributed by atoms with Crippen LogP contribution in [0.2, 0.25) is 0 Å². The highest BCUT2D eigenvalue weighted by Gasteiger charge is 2.27. The molecule has 140 valence electrons. The molecule has 26 heavy (non-hydrogen) atoms. The molecule has 6 nitrogen and oxygen atoms in total. The van der Waals surface area contributed by atoms with Gasteiger partial charge in [0.1, 0.15) is 13.2 Å². The number of fused-ring (bicyclic) bond motifs is 1. The first-order chi connectivity index (χ1) is 12.0. The Kier molecular flexibility index (Phi) is 6.97. The summed E-state index contributed by atoms with van der Waals surface area (Å²) >= 11 is 0. The fraction of sp³-hybridized carbons (Fsp3) is 0.368. The van der Waals surface area contributed by atoms with E-state index < -0.39 is 5.97 Å². The van der Waals surface area contributed by atoms with Crippen molar-refractivity contribution in [2.75, 3.05) is 26.2 Å². The van der Waals surface area contributed by atoms with Gasteiger partial charge in [-0.3, -0.25) is 9.59 Å². The Labute approximate surface area is 158 Å². The minimum absolute atomic E-state index is 0. The van der Waals surface area contributed by atoms with Gasteiger partial charge in [-0.25, -0.2) is 0 Å². The summed E-state index contributed by atoms with van der Waals surface area (Å²) < 4.78 is 5.53. The third-order valence-corrected chi connectivity index (χ3v) is 4.49. The van der Waals surface area contributed by atoms with Gasteiger partial charge in [-0.15, -0.1) is 12.4 Å². The van der Waals surface area contributed by atoms with E-state index in [-0.39, 0.29) is 43.6 Å². The summed E-state index contributed by atoms with van der Waals surface area (Å²) in [6.45, 7) is 2.58. The molecule has 0 saturated carbocycles. The lowest BCUT2D eigenvalue weighted by Gasteiger charge is -2.32. The molecule has 0 radical (unpaired) electrons. The molecule has 1 aliphatic heterocycles. The Hall–Kier alpha value is -2.15. The van der Waals surface area contributed by atoms with E-state index >= 15 is 0 Å². The summed E-state index contributed by atoms with van der Waals surface area (Å²) in [7, 11) is 0. The van der Waals surface area contributed by atoms with E-state index in [1.807, 2.05) is 18.2 Å². The van der Waals surface area contributed by atoms with Crippen LogP contribution in [-0.4, -0.2) is 54.2 Å². The zero-order valence-corrected chi connectivity index (χ0v) is 15.4. The molecule has 0 aliphatic carbocycles. The minimum atomic E-state index is -1.01. The van der Waals surface area contributed by atoms with Crippen LogP contribution in [0.3, 0.4) is 0 Å². The second kappa shape index (κ2) is 8.98. The van der Waals surface area contributed by atoms with Gasteiger partial charge in [0.25, 0.3) is 0 Å². The summed E-state index contributed by atoms with van der Waals surface area (Å²) in [6, 6.07) is 14.6. The molecule has 2 aromatic rings. The molecule has 0 bridgehead atoms. The van der Waals surface area contributed by atoms with E-state index in [1.54, 1.807) is 0 Å². The van der Waals surface area contributed by atoms with Crippen molar-refractivity contribution in [3.63, 3.8) is 0 Å². The van der Waals surface area contributed by atoms with Gasteiger partial charge in [-0.1, -0.05) is 42.5 Å². The van der Waals surface area contributed by atoms with Crippen LogP contribution in [-0.2, 0) is 14.3 Å². The molecular weight excluding hydrogens is 356 g/mol. The largest absolute Gasteiger partial charge is 0.480 e. The van der Waals surface area contributed by atoms with Gasteiger partial charge < -0.3 is 20.1 Å². The average Bonchev–Trinajstić information content (AvgIpc) is 2.61. The summed E-state index contributed by atoms with van der Waals surface area (Å²) in [6.07, 6.45) is -0.213. The molecule has 0 aromatic heterocycles. The molecule has 1 unspecified atom stereocenters. The second-order valence-electron chi connectivity index (χ2n) is 6.30. The van der Waals surface area contributed by atoms with E-state index in [2.05, 4.69) is 36.5 Å². The smallest absolute Gasteiger partial charge is 0.323 e. The minimum Gasteiger partial charge on any atom is -0.480 e. The second-order valence-corrected chi connectivity index (χ2v) is 6.30. The first kappa shape index (κ1) is 20.2. The maximum absolute atomic E-state index is 11.7. The van der Waals surface area contributed by atoms with E-state index in [1.165, 1.54) is 21.2 Å². The van der Waals surface area contributed by atoms with Crippen molar-refractivity contribution in [3.8, 4) is 0 Å². The maximum Gasteiger partial charge on any atom is 0.323 e. The van der Waals surface area contributed by atoms with Gasteiger partial charge in [0.2, 0.25) is 5.91 Å². The first-order valence-corrected chi connectivity index (χ1v) is 8.37. The number of carbonyl (C=O) groups excluding carboxylic acids is 1. The van der Waals surface area contributed by atoms with Crippen LogP contribution < -0.4 is 5.32 Å². The van der Waals surface area contributed by atoms with Crippen LogP contribution in [0.1, 0.15) is 18.5 Å². The molecule has 1 fully saturated rings. The lowest BCUT2D eigenvalue weighted by molar-refractivity contribution is -0.155. The predicted octanol–water partition coefficient (Wildman–Crippen LogP) is 2.22. The number of morpholine rings is 1. The fourth-order valence-electron chi connectivity index (χ4n) is 3.17. The maximum atomic E-state index is 11.7. The Bertz CT molecular complexity index is 778. The standard InChI is InChI=1S/C19H22N2O4.ClH/c1-13(16-8-4-6-14-5-2-3-7-17(14)16)20-9-15-10-21(11-19(23)24)18(22)12-25-15;/h2-8,13,15,20H,9-12H2,1H3,(H,23,24);1H/t13-,15?;/m1./s1. The van der Waals surface area contributed by atoms with Crippen LogP contribution >= 0.6 is 12.4 Å². The summed E-state index contributed by atoms with van der Waals surface area (Å²) in [5.41, 5.74) is 1.20. The number of carboxylic acids is 1.